The third kappa shape index (κ3) is 4.41. The van der Waals surface area contributed by atoms with Gasteiger partial charge in [-0.05, 0) is 34.1 Å². The summed E-state index contributed by atoms with van der Waals surface area (Å²) in [6.45, 7) is 4.70. The Balaban J connectivity index is 2.10. The Hall–Kier alpha value is -1.66. The molecule has 110 valence electrons. The number of nitrogens with zero attached hydrogens (tertiary/aromatic N) is 2. The second-order valence-corrected chi connectivity index (χ2v) is 6.98. The molecule has 0 saturated carbocycles. The molecule has 0 aliphatic rings. The summed E-state index contributed by atoms with van der Waals surface area (Å²) in [7, 11) is 0. The molecule has 0 spiro atoms. The smallest absolute Gasteiger partial charge is 0.250 e. The van der Waals surface area contributed by atoms with Gasteiger partial charge >= 0.3 is 0 Å². The molecule has 0 aromatic carbocycles. The fourth-order valence-corrected chi connectivity index (χ4v) is 3.37. The average molecular weight is 367 g/mol. The first-order chi connectivity index (χ1) is 10.1. The monoisotopic (exact) mass is 366 g/mol. The number of carbonyl (C=O) groups excluding carboxylic acids is 1. The molecular formula is C15H15BrN2O2S. The molecule has 0 atom stereocenters. The van der Waals surface area contributed by atoms with Crippen LogP contribution in [0.2, 0.25) is 0 Å². The Bertz CT molecular complexity index is 693. The van der Waals surface area contributed by atoms with Gasteiger partial charge in [-0.1, -0.05) is 12.1 Å². The molecule has 6 heteroatoms. The number of thiophene rings is 1. The van der Waals surface area contributed by atoms with Crippen LogP contribution in [-0.4, -0.2) is 21.9 Å². The summed E-state index contributed by atoms with van der Waals surface area (Å²) >= 11 is 5.00. The topological polar surface area (TPSA) is 42.3 Å². The van der Waals surface area contributed by atoms with Crippen molar-refractivity contribution in [2.75, 3.05) is 6.54 Å². The first kappa shape index (κ1) is 15.7. The maximum absolute atomic E-state index is 12.4. The van der Waals surface area contributed by atoms with Gasteiger partial charge in [0.1, 0.15) is 6.54 Å². The second kappa shape index (κ2) is 7.38. The molecule has 0 saturated heterocycles. The summed E-state index contributed by atoms with van der Waals surface area (Å²) in [6, 6.07) is 8.78. The number of aromatic nitrogens is 1. The van der Waals surface area contributed by atoms with Gasteiger partial charge < -0.3 is 9.47 Å². The molecule has 21 heavy (non-hydrogen) atoms. The Morgan fingerprint density at radius 1 is 1.38 bits per heavy atom. The second-order valence-electron chi connectivity index (χ2n) is 4.44. The van der Waals surface area contributed by atoms with E-state index < -0.39 is 0 Å². The number of pyridine rings is 1. The van der Waals surface area contributed by atoms with Crippen LogP contribution in [0.1, 0.15) is 4.88 Å². The lowest BCUT2D eigenvalue weighted by Gasteiger charge is -2.20. The Kier molecular flexibility index (Phi) is 5.52. The number of hydrogen-bond donors (Lipinski definition) is 0. The van der Waals surface area contributed by atoms with Gasteiger partial charge in [-0.25, -0.2) is 0 Å². The molecule has 2 rings (SSSR count). The van der Waals surface area contributed by atoms with Gasteiger partial charge in [-0.15, -0.1) is 17.9 Å². The molecule has 0 aliphatic heterocycles. The van der Waals surface area contributed by atoms with Crippen molar-refractivity contribution in [3.05, 3.63) is 68.2 Å². The van der Waals surface area contributed by atoms with E-state index >= 15 is 0 Å². The van der Waals surface area contributed by atoms with Gasteiger partial charge in [0.2, 0.25) is 5.91 Å². The van der Waals surface area contributed by atoms with Crippen LogP contribution < -0.4 is 5.56 Å². The van der Waals surface area contributed by atoms with Gasteiger partial charge in [-0.2, -0.15) is 0 Å². The number of rotatable bonds is 6. The molecule has 0 aliphatic carbocycles. The van der Waals surface area contributed by atoms with Crippen molar-refractivity contribution in [3.63, 3.8) is 0 Å². The van der Waals surface area contributed by atoms with E-state index in [4.69, 9.17) is 0 Å². The molecule has 0 unspecified atom stereocenters. The summed E-state index contributed by atoms with van der Waals surface area (Å²) in [6.07, 6.45) is 3.31. The maximum atomic E-state index is 12.4. The van der Waals surface area contributed by atoms with Gasteiger partial charge in [0.15, 0.2) is 0 Å². The zero-order chi connectivity index (χ0) is 15.2. The highest BCUT2D eigenvalue weighted by molar-refractivity contribution is 9.11. The molecule has 2 heterocycles. The van der Waals surface area contributed by atoms with Crippen LogP contribution in [0.4, 0.5) is 0 Å². The molecular weight excluding hydrogens is 352 g/mol. The zero-order valence-electron chi connectivity index (χ0n) is 11.4. The molecule has 2 aromatic heterocycles. The van der Waals surface area contributed by atoms with Crippen molar-refractivity contribution >= 4 is 33.2 Å². The number of carbonyl (C=O) groups is 1. The fourth-order valence-electron chi connectivity index (χ4n) is 1.87. The summed E-state index contributed by atoms with van der Waals surface area (Å²) in [5.74, 6) is -0.104. The van der Waals surface area contributed by atoms with Gasteiger partial charge in [0.05, 0.1) is 10.3 Å². The third-order valence-corrected chi connectivity index (χ3v) is 4.49. The van der Waals surface area contributed by atoms with E-state index in [2.05, 4.69) is 22.5 Å². The van der Waals surface area contributed by atoms with Crippen LogP contribution in [0.15, 0.2) is 57.8 Å². The predicted molar refractivity (Wildman–Crippen MR) is 88.3 cm³/mol. The molecule has 0 bridgehead atoms. The first-order valence-corrected chi connectivity index (χ1v) is 7.99. The van der Waals surface area contributed by atoms with Crippen LogP contribution in [0, 0.1) is 0 Å². The molecule has 1 amide bonds. The largest absolute Gasteiger partial charge is 0.332 e. The lowest BCUT2D eigenvalue weighted by molar-refractivity contribution is -0.131. The minimum atomic E-state index is -0.178. The number of amides is 1. The molecule has 0 radical (unpaired) electrons. The first-order valence-electron chi connectivity index (χ1n) is 6.38. The highest BCUT2D eigenvalue weighted by atomic mass is 79.9. The molecule has 4 nitrogen and oxygen atoms in total. The Labute approximate surface area is 135 Å². The van der Waals surface area contributed by atoms with E-state index in [0.717, 1.165) is 8.66 Å². The van der Waals surface area contributed by atoms with Crippen molar-refractivity contribution < 1.29 is 4.79 Å². The maximum Gasteiger partial charge on any atom is 0.250 e. The quantitative estimate of drug-likeness (QED) is 0.737. The summed E-state index contributed by atoms with van der Waals surface area (Å²) in [5.41, 5.74) is -0.178. The standard InChI is InChI=1S/C15H15BrN2O2S/c1-2-8-17(10-12-6-7-13(16)21-12)15(20)11-18-9-4-3-5-14(18)19/h2-7,9H,1,8,10-11H2. The average Bonchev–Trinajstić information content (AvgIpc) is 2.86. The van der Waals surface area contributed by atoms with Crippen molar-refractivity contribution in [1.29, 1.82) is 0 Å². The third-order valence-electron chi connectivity index (χ3n) is 2.88. The van der Waals surface area contributed by atoms with E-state index in [1.807, 2.05) is 12.1 Å². The highest BCUT2D eigenvalue weighted by Crippen LogP contribution is 2.23. The van der Waals surface area contributed by atoms with E-state index in [0.29, 0.717) is 13.1 Å². The molecule has 0 N–H and O–H groups in total. The van der Waals surface area contributed by atoms with Crippen LogP contribution in [0.3, 0.4) is 0 Å². The summed E-state index contributed by atoms with van der Waals surface area (Å²) < 4.78 is 2.44. The SMILES string of the molecule is C=CCN(Cc1ccc(Br)s1)C(=O)Cn1ccccc1=O. The van der Waals surface area contributed by atoms with E-state index in [1.54, 1.807) is 40.6 Å². The minimum absolute atomic E-state index is 0.0417. The van der Waals surface area contributed by atoms with Crippen molar-refractivity contribution in [3.8, 4) is 0 Å². The van der Waals surface area contributed by atoms with E-state index in [9.17, 15) is 9.59 Å². The van der Waals surface area contributed by atoms with Crippen LogP contribution in [0.25, 0.3) is 0 Å². The van der Waals surface area contributed by atoms with E-state index in [1.165, 1.54) is 10.6 Å². The Morgan fingerprint density at radius 2 is 2.19 bits per heavy atom. The lowest BCUT2D eigenvalue weighted by atomic mass is 10.3. The van der Waals surface area contributed by atoms with E-state index in [-0.39, 0.29) is 18.0 Å². The van der Waals surface area contributed by atoms with Gasteiger partial charge in [0.25, 0.3) is 5.56 Å². The number of halogens is 1. The highest BCUT2D eigenvalue weighted by Gasteiger charge is 2.14. The molecule has 2 aromatic rings. The summed E-state index contributed by atoms with van der Waals surface area (Å²) in [4.78, 5) is 26.8. The van der Waals surface area contributed by atoms with Crippen molar-refractivity contribution in [2.24, 2.45) is 0 Å². The fraction of sp³-hybridized carbons (Fsp3) is 0.200. The van der Waals surface area contributed by atoms with Gasteiger partial charge in [-0.3, -0.25) is 9.59 Å². The van der Waals surface area contributed by atoms with Gasteiger partial charge in [0, 0.05) is 23.7 Å². The lowest BCUT2D eigenvalue weighted by Crippen LogP contribution is -2.35. The Morgan fingerprint density at radius 3 is 2.81 bits per heavy atom. The van der Waals surface area contributed by atoms with Crippen LogP contribution in [-0.2, 0) is 17.9 Å². The minimum Gasteiger partial charge on any atom is -0.332 e. The van der Waals surface area contributed by atoms with Crippen molar-refractivity contribution in [1.82, 2.24) is 9.47 Å². The summed E-state index contributed by atoms with van der Waals surface area (Å²) in [5, 5.41) is 0. The van der Waals surface area contributed by atoms with Crippen LogP contribution >= 0.6 is 27.3 Å². The van der Waals surface area contributed by atoms with Crippen molar-refractivity contribution in [2.45, 2.75) is 13.1 Å². The van der Waals surface area contributed by atoms with Crippen LogP contribution in [0.5, 0.6) is 0 Å². The molecule has 0 fully saturated rings. The normalized spacial score (nSPS) is 10.3. The number of hydrogen-bond acceptors (Lipinski definition) is 3. The zero-order valence-corrected chi connectivity index (χ0v) is 13.8. The predicted octanol–water partition coefficient (Wildman–Crippen LogP) is 2.89.